The molecule has 0 radical (unpaired) electrons. The molecule has 0 saturated heterocycles. The van der Waals surface area contributed by atoms with Crippen LogP contribution in [0.3, 0.4) is 0 Å². The third-order valence-electron chi connectivity index (χ3n) is 3.90. The van der Waals surface area contributed by atoms with E-state index in [-0.39, 0.29) is 6.54 Å². The lowest BCUT2D eigenvalue weighted by molar-refractivity contribution is -0.145. The van der Waals surface area contributed by atoms with Crippen LogP contribution in [0.4, 0.5) is 0 Å². The van der Waals surface area contributed by atoms with Crippen molar-refractivity contribution in [3.63, 3.8) is 0 Å². The van der Waals surface area contributed by atoms with Crippen LogP contribution in [0.25, 0.3) is 0 Å². The molecule has 7 heteroatoms. The van der Waals surface area contributed by atoms with E-state index in [2.05, 4.69) is 4.98 Å². The van der Waals surface area contributed by atoms with Crippen molar-refractivity contribution >= 4 is 16.0 Å². The Morgan fingerprint density at radius 2 is 2.24 bits per heavy atom. The van der Waals surface area contributed by atoms with E-state index in [0.717, 1.165) is 12.0 Å². The molecule has 0 spiro atoms. The first-order valence-corrected chi connectivity index (χ1v) is 8.39. The maximum absolute atomic E-state index is 12.7. The molecule has 1 heterocycles. The molecule has 2 rings (SSSR count). The zero-order valence-electron chi connectivity index (χ0n) is 12.2. The van der Waals surface area contributed by atoms with Gasteiger partial charge in [0, 0.05) is 26.0 Å². The van der Waals surface area contributed by atoms with E-state index in [1.54, 1.807) is 18.5 Å². The number of pyridine rings is 1. The number of esters is 1. The summed E-state index contributed by atoms with van der Waals surface area (Å²) in [6, 6.07) is 3.59. The van der Waals surface area contributed by atoms with Gasteiger partial charge in [-0.15, -0.1) is 0 Å². The topological polar surface area (TPSA) is 76.6 Å². The van der Waals surface area contributed by atoms with Gasteiger partial charge in [0.2, 0.25) is 10.0 Å². The Hall–Kier alpha value is -1.47. The van der Waals surface area contributed by atoms with Crippen molar-refractivity contribution < 1.29 is 17.9 Å². The van der Waals surface area contributed by atoms with Gasteiger partial charge in [0.25, 0.3) is 0 Å². The highest BCUT2D eigenvalue weighted by Crippen LogP contribution is 2.33. The molecule has 6 nitrogen and oxygen atoms in total. The Morgan fingerprint density at radius 1 is 1.48 bits per heavy atom. The summed E-state index contributed by atoms with van der Waals surface area (Å²) in [5.41, 5.74) is 0.816. The summed E-state index contributed by atoms with van der Waals surface area (Å²) in [6.07, 6.45) is 5.07. The molecule has 1 aromatic heterocycles. The van der Waals surface area contributed by atoms with Gasteiger partial charge in [0.15, 0.2) is 0 Å². The molecule has 1 aliphatic rings. The van der Waals surface area contributed by atoms with Crippen molar-refractivity contribution in [2.45, 2.75) is 31.1 Å². The smallest absolute Gasteiger partial charge is 0.310 e. The summed E-state index contributed by atoms with van der Waals surface area (Å²) in [5, 5.41) is -0.688. The van der Waals surface area contributed by atoms with Crippen molar-refractivity contribution in [3.8, 4) is 0 Å². The lowest BCUT2D eigenvalue weighted by atomic mass is 10.1. The van der Waals surface area contributed by atoms with Crippen LogP contribution in [-0.2, 0) is 26.1 Å². The Kier molecular flexibility index (Phi) is 4.95. The van der Waals surface area contributed by atoms with E-state index in [9.17, 15) is 13.2 Å². The number of aromatic nitrogens is 1. The highest BCUT2D eigenvalue weighted by molar-refractivity contribution is 7.89. The van der Waals surface area contributed by atoms with Gasteiger partial charge in [-0.25, -0.2) is 12.7 Å². The van der Waals surface area contributed by atoms with Crippen LogP contribution in [0.5, 0.6) is 0 Å². The fourth-order valence-electron chi connectivity index (χ4n) is 2.77. The predicted octanol–water partition coefficient (Wildman–Crippen LogP) is 1.18. The van der Waals surface area contributed by atoms with Crippen molar-refractivity contribution in [2.24, 2.45) is 5.92 Å². The normalized spacial score (nSPS) is 22.4. The summed E-state index contributed by atoms with van der Waals surface area (Å²) >= 11 is 0. The van der Waals surface area contributed by atoms with Crippen LogP contribution in [-0.4, -0.2) is 43.1 Å². The molecular weight excluding hydrogens is 292 g/mol. The minimum absolute atomic E-state index is 0.251. The third-order valence-corrected chi connectivity index (χ3v) is 6.23. The monoisotopic (exact) mass is 312 g/mol. The average molecular weight is 312 g/mol. The zero-order valence-corrected chi connectivity index (χ0v) is 13.0. The maximum atomic E-state index is 12.7. The van der Waals surface area contributed by atoms with Crippen LogP contribution in [0, 0.1) is 5.92 Å². The van der Waals surface area contributed by atoms with Gasteiger partial charge in [-0.2, -0.15) is 0 Å². The summed E-state index contributed by atoms with van der Waals surface area (Å²) in [5.74, 6) is -0.993. The summed E-state index contributed by atoms with van der Waals surface area (Å²) < 4.78 is 31.4. The van der Waals surface area contributed by atoms with Gasteiger partial charge in [0.1, 0.15) is 0 Å². The van der Waals surface area contributed by atoms with Crippen molar-refractivity contribution in [2.75, 3.05) is 14.2 Å². The van der Waals surface area contributed by atoms with Crippen LogP contribution < -0.4 is 0 Å². The van der Waals surface area contributed by atoms with Crippen molar-refractivity contribution in [1.29, 1.82) is 0 Å². The number of nitrogens with zero attached hydrogens (tertiary/aromatic N) is 2. The number of carbonyl (C=O) groups excluding carboxylic acids is 1. The number of hydrogen-bond acceptors (Lipinski definition) is 5. The van der Waals surface area contributed by atoms with E-state index in [1.165, 1.54) is 18.5 Å². The first-order valence-electron chi connectivity index (χ1n) is 6.88. The second-order valence-electron chi connectivity index (χ2n) is 5.26. The second kappa shape index (κ2) is 6.53. The lowest BCUT2D eigenvalue weighted by Gasteiger charge is -2.24. The molecule has 1 fully saturated rings. The number of rotatable bonds is 5. The minimum atomic E-state index is -3.54. The molecule has 0 bridgehead atoms. The van der Waals surface area contributed by atoms with Crippen molar-refractivity contribution in [1.82, 2.24) is 9.29 Å². The van der Waals surface area contributed by atoms with E-state index < -0.39 is 27.2 Å². The number of methoxy groups -OCH3 is 1. The van der Waals surface area contributed by atoms with Gasteiger partial charge in [-0.05, 0) is 24.5 Å². The number of carbonyl (C=O) groups is 1. The maximum Gasteiger partial charge on any atom is 0.310 e. The number of hydrogen-bond donors (Lipinski definition) is 0. The fourth-order valence-corrected chi connectivity index (χ4v) is 4.69. The quantitative estimate of drug-likeness (QED) is 0.763. The molecule has 0 aliphatic heterocycles. The summed E-state index contributed by atoms with van der Waals surface area (Å²) in [4.78, 5) is 15.7. The minimum Gasteiger partial charge on any atom is -0.469 e. The Morgan fingerprint density at radius 3 is 2.86 bits per heavy atom. The van der Waals surface area contributed by atoms with E-state index in [0.29, 0.717) is 12.8 Å². The SMILES string of the molecule is COC(=O)C1CCCC1S(=O)(=O)N(C)Cc1cccnc1. The molecule has 2 atom stereocenters. The fraction of sp³-hybridized carbons (Fsp3) is 0.571. The molecule has 0 N–H and O–H groups in total. The van der Waals surface area contributed by atoms with E-state index in [4.69, 9.17) is 4.74 Å². The van der Waals surface area contributed by atoms with Crippen molar-refractivity contribution in [3.05, 3.63) is 30.1 Å². The molecule has 1 aliphatic carbocycles. The summed E-state index contributed by atoms with van der Waals surface area (Å²) in [6.45, 7) is 0.251. The van der Waals surface area contributed by atoms with Gasteiger partial charge in [0.05, 0.1) is 18.3 Å². The molecule has 21 heavy (non-hydrogen) atoms. The van der Waals surface area contributed by atoms with Crippen LogP contribution in [0.1, 0.15) is 24.8 Å². The Labute approximate surface area is 125 Å². The predicted molar refractivity (Wildman–Crippen MR) is 77.8 cm³/mol. The Balaban J connectivity index is 2.15. The molecule has 1 saturated carbocycles. The van der Waals surface area contributed by atoms with E-state index in [1.807, 2.05) is 6.07 Å². The highest BCUT2D eigenvalue weighted by atomic mass is 32.2. The third kappa shape index (κ3) is 3.41. The standard InChI is InChI=1S/C14H20N2O4S/c1-16(10-11-5-4-8-15-9-11)21(18,19)13-7-3-6-12(13)14(17)20-2/h4-5,8-9,12-13H,3,6-7,10H2,1-2H3. The van der Waals surface area contributed by atoms with Crippen LogP contribution >= 0.6 is 0 Å². The molecular formula is C14H20N2O4S. The van der Waals surface area contributed by atoms with Crippen LogP contribution in [0.15, 0.2) is 24.5 Å². The van der Waals surface area contributed by atoms with Gasteiger partial charge in [-0.1, -0.05) is 12.5 Å². The molecule has 1 aromatic rings. The first kappa shape index (κ1) is 15.9. The summed E-state index contributed by atoms with van der Waals surface area (Å²) in [7, 11) is -0.704. The lowest BCUT2D eigenvalue weighted by Crippen LogP contribution is -2.40. The number of sulfonamides is 1. The Bertz CT molecular complexity index is 588. The number of ether oxygens (including phenoxy) is 1. The first-order chi connectivity index (χ1) is 9.96. The zero-order chi connectivity index (χ0) is 15.5. The molecule has 0 amide bonds. The van der Waals surface area contributed by atoms with E-state index >= 15 is 0 Å². The average Bonchev–Trinajstić information content (AvgIpc) is 2.97. The highest BCUT2D eigenvalue weighted by Gasteiger charge is 2.43. The van der Waals surface area contributed by atoms with Gasteiger partial charge in [-0.3, -0.25) is 9.78 Å². The molecule has 0 aromatic carbocycles. The molecule has 2 unspecified atom stereocenters. The van der Waals surface area contributed by atoms with Gasteiger partial charge < -0.3 is 4.74 Å². The van der Waals surface area contributed by atoms with Crippen LogP contribution in [0.2, 0.25) is 0 Å². The van der Waals surface area contributed by atoms with Gasteiger partial charge >= 0.3 is 5.97 Å². The molecule has 116 valence electrons. The largest absolute Gasteiger partial charge is 0.469 e. The second-order valence-corrected chi connectivity index (χ2v) is 7.52.